The van der Waals surface area contributed by atoms with E-state index in [4.69, 9.17) is 16.3 Å². The third kappa shape index (κ3) is 3.18. The average molecular weight is 293 g/mol. The standard InChI is InChI=1S/C10H13ClN2O4S/c11-9-5-8(1-3-12-9)18(15,16)13-6-10(14)2-4-17-7-10/h1,3,5,13-14H,2,4,6-7H2. The van der Waals surface area contributed by atoms with Gasteiger partial charge in [-0.3, -0.25) is 0 Å². The first kappa shape index (κ1) is 13.7. The Kier molecular flexibility index (Phi) is 3.88. The van der Waals surface area contributed by atoms with E-state index < -0.39 is 15.6 Å². The van der Waals surface area contributed by atoms with Crippen LogP contribution in [0.5, 0.6) is 0 Å². The largest absolute Gasteiger partial charge is 0.386 e. The summed E-state index contributed by atoms with van der Waals surface area (Å²) < 4.78 is 31.2. The Morgan fingerprint density at radius 1 is 1.61 bits per heavy atom. The second kappa shape index (κ2) is 5.10. The molecule has 0 amide bonds. The maximum Gasteiger partial charge on any atom is 0.240 e. The Morgan fingerprint density at radius 2 is 2.39 bits per heavy atom. The lowest BCUT2D eigenvalue weighted by molar-refractivity contribution is 0.0314. The van der Waals surface area contributed by atoms with Crippen molar-refractivity contribution in [1.82, 2.24) is 9.71 Å². The molecule has 6 nitrogen and oxygen atoms in total. The molecule has 1 aromatic rings. The van der Waals surface area contributed by atoms with Gasteiger partial charge in [0.1, 0.15) is 10.8 Å². The summed E-state index contributed by atoms with van der Waals surface area (Å²) in [5, 5.41) is 10.1. The molecule has 0 aliphatic carbocycles. The molecule has 1 aromatic heterocycles. The van der Waals surface area contributed by atoms with Crippen molar-refractivity contribution in [1.29, 1.82) is 0 Å². The fourth-order valence-corrected chi connectivity index (χ4v) is 2.97. The summed E-state index contributed by atoms with van der Waals surface area (Å²) in [5.74, 6) is 0. The normalized spacial score (nSPS) is 24.3. The molecule has 18 heavy (non-hydrogen) atoms. The second-order valence-electron chi connectivity index (χ2n) is 4.17. The van der Waals surface area contributed by atoms with Gasteiger partial charge in [-0.1, -0.05) is 11.6 Å². The fraction of sp³-hybridized carbons (Fsp3) is 0.500. The monoisotopic (exact) mass is 292 g/mol. The molecule has 2 N–H and O–H groups in total. The van der Waals surface area contributed by atoms with Gasteiger partial charge in [0.25, 0.3) is 0 Å². The van der Waals surface area contributed by atoms with Crippen molar-refractivity contribution >= 4 is 21.6 Å². The number of rotatable bonds is 4. The first-order valence-corrected chi connectivity index (χ1v) is 7.19. The summed E-state index contributed by atoms with van der Waals surface area (Å²) in [7, 11) is -3.70. The predicted molar refractivity (Wildman–Crippen MR) is 64.8 cm³/mol. The maximum atomic E-state index is 11.9. The van der Waals surface area contributed by atoms with Crippen molar-refractivity contribution in [3.05, 3.63) is 23.5 Å². The van der Waals surface area contributed by atoms with Gasteiger partial charge in [0.05, 0.1) is 11.5 Å². The van der Waals surface area contributed by atoms with Crippen molar-refractivity contribution < 1.29 is 18.3 Å². The number of aliphatic hydroxyl groups is 1. The topological polar surface area (TPSA) is 88.5 Å². The Balaban J connectivity index is 2.08. The number of pyridine rings is 1. The maximum absolute atomic E-state index is 11.9. The van der Waals surface area contributed by atoms with Crippen molar-refractivity contribution in [2.45, 2.75) is 16.9 Å². The van der Waals surface area contributed by atoms with Crippen LogP contribution in [0.3, 0.4) is 0 Å². The summed E-state index contributed by atoms with van der Waals surface area (Å²) in [5.41, 5.74) is -1.14. The van der Waals surface area contributed by atoms with Gasteiger partial charge in [0.2, 0.25) is 10.0 Å². The number of nitrogens with one attached hydrogen (secondary N) is 1. The first-order chi connectivity index (χ1) is 8.41. The molecule has 0 spiro atoms. The minimum Gasteiger partial charge on any atom is -0.386 e. The Morgan fingerprint density at radius 3 is 3.00 bits per heavy atom. The number of ether oxygens (including phenoxy) is 1. The lowest BCUT2D eigenvalue weighted by Crippen LogP contribution is -2.43. The minimum absolute atomic E-state index is 0.0185. The molecule has 1 saturated heterocycles. The summed E-state index contributed by atoms with van der Waals surface area (Å²) in [4.78, 5) is 3.73. The lowest BCUT2D eigenvalue weighted by atomic mass is 10.1. The first-order valence-electron chi connectivity index (χ1n) is 5.33. The van der Waals surface area contributed by atoms with Crippen LogP contribution in [-0.4, -0.2) is 43.9 Å². The van der Waals surface area contributed by atoms with Gasteiger partial charge in [0, 0.05) is 25.8 Å². The van der Waals surface area contributed by atoms with Crippen LogP contribution in [0.15, 0.2) is 23.2 Å². The molecule has 2 rings (SSSR count). The van der Waals surface area contributed by atoms with Crippen molar-refractivity contribution in [2.75, 3.05) is 19.8 Å². The van der Waals surface area contributed by atoms with Crippen molar-refractivity contribution in [2.24, 2.45) is 0 Å². The van der Waals surface area contributed by atoms with E-state index in [0.29, 0.717) is 13.0 Å². The number of hydrogen-bond acceptors (Lipinski definition) is 5. The molecular formula is C10H13ClN2O4S. The minimum atomic E-state index is -3.70. The zero-order valence-electron chi connectivity index (χ0n) is 9.47. The molecule has 1 aliphatic heterocycles. The SMILES string of the molecule is O=S(=O)(NCC1(O)CCOC1)c1ccnc(Cl)c1. The molecule has 1 unspecified atom stereocenters. The molecule has 2 heterocycles. The van der Waals surface area contributed by atoms with Gasteiger partial charge in [-0.2, -0.15) is 0 Å². The van der Waals surface area contributed by atoms with Crippen molar-refractivity contribution in [3.8, 4) is 0 Å². The highest BCUT2D eigenvalue weighted by atomic mass is 35.5. The molecule has 8 heteroatoms. The zero-order valence-corrected chi connectivity index (χ0v) is 11.0. The van der Waals surface area contributed by atoms with Crippen LogP contribution in [0.2, 0.25) is 5.15 Å². The second-order valence-corrected chi connectivity index (χ2v) is 6.32. The molecular weight excluding hydrogens is 280 g/mol. The summed E-state index contributed by atoms with van der Waals surface area (Å²) in [6.07, 6.45) is 1.72. The van der Waals surface area contributed by atoms with E-state index in [1.165, 1.54) is 18.3 Å². The number of aromatic nitrogens is 1. The van der Waals surface area contributed by atoms with Crippen LogP contribution in [0.25, 0.3) is 0 Å². The Bertz CT molecular complexity index is 528. The summed E-state index contributed by atoms with van der Waals surface area (Å²) in [6.45, 7) is 0.473. The lowest BCUT2D eigenvalue weighted by Gasteiger charge is -2.20. The molecule has 1 aliphatic rings. The Labute approximate surface area is 110 Å². The third-order valence-corrected chi connectivity index (χ3v) is 4.29. The molecule has 0 bridgehead atoms. The average Bonchev–Trinajstić information content (AvgIpc) is 2.75. The van der Waals surface area contributed by atoms with Gasteiger partial charge in [-0.25, -0.2) is 18.1 Å². The number of nitrogens with zero attached hydrogens (tertiary/aromatic N) is 1. The fourth-order valence-electron chi connectivity index (χ4n) is 1.60. The van der Waals surface area contributed by atoms with Crippen LogP contribution in [-0.2, 0) is 14.8 Å². The van der Waals surface area contributed by atoms with E-state index in [-0.39, 0.29) is 23.2 Å². The van der Waals surface area contributed by atoms with Crippen LogP contribution in [0.1, 0.15) is 6.42 Å². The molecule has 0 aromatic carbocycles. The summed E-state index contributed by atoms with van der Waals surface area (Å²) >= 11 is 5.63. The molecule has 1 atom stereocenters. The molecule has 0 radical (unpaired) electrons. The number of sulfonamides is 1. The smallest absolute Gasteiger partial charge is 0.240 e. The van der Waals surface area contributed by atoms with E-state index in [1.807, 2.05) is 0 Å². The van der Waals surface area contributed by atoms with Gasteiger partial charge < -0.3 is 9.84 Å². The zero-order chi connectivity index (χ0) is 13.2. The molecule has 100 valence electrons. The van der Waals surface area contributed by atoms with Crippen LogP contribution in [0.4, 0.5) is 0 Å². The highest BCUT2D eigenvalue weighted by Crippen LogP contribution is 2.19. The van der Waals surface area contributed by atoms with E-state index in [1.54, 1.807) is 0 Å². The summed E-state index contributed by atoms with van der Waals surface area (Å²) in [6, 6.07) is 2.59. The molecule has 1 fully saturated rings. The third-order valence-electron chi connectivity index (χ3n) is 2.68. The van der Waals surface area contributed by atoms with Gasteiger partial charge in [-0.05, 0) is 12.1 Å². The highest BCUT2D eigenvalue weighted by Gasteiger charge is 2.33. The van der Waals surface area contributed by atoms with E-state index >= 15 is 0 Å². The number of hydrogen-bond donors (Lipinski definition) is 2. The van der Waals surface area contributed by atoms with Crippen LogP contribution < -0.4 is 4.72 Å². The highest BCUT2D eigenvalue weighted by molar-refractivity contribution is 7.89. The molecule has 0 saturated carbocycles. The Hall–Kier alpha value is -0.730. The quantitative estimate of drug-likeness (QED) is 0.772. The van der Waals surface area contributed by atoms with E-state index in [2.05, 4.69) is 9.71 Å². The van der Waals surface area contributed by atoms with Crippen LogP contribution in [0, 0.1) is 0 Å². The van der Waals surface area contributed by atoms with Gasteiger partial charge in [0.15, 0.2) is 0 Å². The van der Waals surface area contributed by atoms with Gasteiger partial charge >= 0.3 is 0 Å². The van der Waals surface area contributed by atoms with E-state index in [9.17, 15) is 13.5 Å². The van der Waals surface area contributed by atoms with E-state index in [0.717, 1.165) is 0 Å². The van der Waals surface area contributed by atoms with Crippen LogP contribution >= 0.6 is 11.6 Å². The number of halogens is 1. The predicted octanol–water partition coefficient (Wildman–Crippen LogP) is 0.165. The van der Waals surface area contributed by atoms with Crippen molar-refractivity contribution in [3.63, 3.8) is 0 Å². The van der Waals surface area contributed by atoms with Gasteiger partial charge in [-0.15, -0.1) is 0 Å².